The molecule has 0 unspecified atom stereocenters. The van der Waals surface area contributed by atoms with Crippen LogP contribution in [0.2, 0.25) is 0 Å². The number of carbonyl (C=O) groups excluding carboxylic acids is 1. The molecule has 1 saturated heterocycles. The molecule has 1 fully saturated rings. The number of aryl methyl sites for hydroxylation is 1. The largest absolute Gasteiger partial charge is 0.471 e. The zero-order valence-electron chi connectivity index (χ0n) is 13.4. The van der Waals surface area contributed by atoms with E-state index in [0.717, 1.165) is 17.6 Å². The summed E-state index contributed by atoms with van der Waals surface area (Å²) >= 11 is 0. The van der Waals surface area contributed by atoms with Crippen LogP contribution in [0.25, 0.3) is 5.52 Å². The van der Waals surface area contributed by atoms with Gasteiger partial charge in [-0.25, -0.2) is 0 Å². The molecule has 6 heteroatoms. The van der Waals surface area contributed by atoms with E-state index in [2.05, 4.69) is 10.2 Å². The average molecular weight is 322 g/mol. The number of hydrogen-bond donors (Lipinski definition) is 0. The van der Waals surface area contributed by atoms with Crippen LogP contribution in [0.3, 0.4) is 0 Å². The molecule has 4 rings (SSSR count). The highest BCUT2D eigenvalue weighted by atomic mass is 16.5. The number of carbonyl (C=O) groups is 1. The summed E-state index contributed by atoms with van der Waals surface area (Å²) in [6.45, 7) is 3.14. The van der Waals surface area contributed by atoms with Crippen LogP contribution in [0.4, 0.5) is 0 Å². The lowest BCUT2D eigenvalue weighted by Crippen LogP contribution is -2.30. The number of rotatable bonds is 3. The van der Waals surface area contributed by atoms with Gasteiger partial charge in [-0.1, -0.05) is 6.07 Å². The molecule has 6 nitrogen and oxygen atoms in total. The highest BCUT2D eigenvalue weighted by molar-refractivity contribution is 5.95. The van der Waals surface area contributed by atoms with Gasteiger partial charge in [0.15, 0.2) is 0 Å². The first-order valence-electron chi connectivity index (χ1n) is 8.02. The summed E-state index contributed by atoms with van der Waals surface area (Å²) in [6.07, 6.45) is 4.58. The standard InChI is InChI=1S/C18H18N4O2/c1-13-5-6-17(20-19-13)24-16-7-9-22(12-16)18(23)14-10-15-4-2-3-8-21(15)11-14/h2-6,8,10-11,16H,7,9,12H2,1H3/t16-/m0/s1. The van der Waals surface area contributed by atoms with Crippen LogP contribution in [-0.2, 0) is 0 Å². The van der Waals surface area contributed by atoms with Gasteiger partial charge in [0.2, 0.25) is 5.88 Å². The fourth-order valence-electron chi connectivity index (χ4n) is 2.98. The topological polar surface area (TPSA) is 59.7 Å². The summed E-state index contributed by atoms with van der Waals surface area (Å²) in [7, 11) is 0. The van der Waals surface area contributed by atoms with E-state index in [1.807, 2.05) is 65.0 Å². The van der Waals surface area contributed by atoms with Crippen molar-refractivity contribution in [2.45, 2.75) is 19.4 Å². The SMILES string of the molecule is Cc1ccc(O[C@H]2CCN(C(=O)c3cc4ccccn4c3)C2)nn1. The number of nitrogens with zero attached hydrogens (tertiary/aromatic N) is 4. The summed E-state index contributed by atoms with van der Waals surface area (Å²) in [5.74, 6) is 0.550. The maximum absolute atomic E-state index is 12.7. The molecule has 1 amide bonds. The predicted octanol–water partition coefficient (Wildman–Crippen LogP) is 2.33. The van der Waals surface area contributed by atoms with Gasteiger partial charge >= 0.3 is 0 Å². The van der Waals surface area contributed by atoms with Crippen molar-refractivity contribution >= 4 is 11.4 Å². The fourth-order valence-corrected chi connectivity index (χ4v) is 2.98. The van der Waals surface area contributed by atoms with Crippen LogP contribution in [0.5, 0.6) is 5.88 Å². The molecule has 4 heterocycles. The van der Waals surface area contributed by atoms with E-state index in [9.17, 15) is 4.79 Å². The molecule has 122 valence electrons. The molecule has 1 atom stereocenters. The van der Waals surface area contributed by atoms with Gasteiger partial charge in [-0.2, -0.15) is 5.10 Å². The van der Waals surface area contributed by atoms with E-state index < -0.39 is 0 Å². The first kappa shape index (κ1) is 14.7. The zero-order valence-corrected chi connectivity index (χ0v) is 13.4. The van der Waals surface area contributed by atoms with Crippen LogP contribution >= 0.6 is 0 Å². The second kappa shape index (κ2) is 5.96. The van der Waals surface area contributed by atoms with Crippen molar-refractivity contribution in [3.8, 4) is 5.88 Å². The molecule has 3 aromatic rings. The number of amides is 1. The predicted molar refractivity (Wildman–Crippen MR) is 89.1 cm³/mol. The van der Waals surface area contributed by atoms with Gasteiger partial charge in [-0.3, -0.25) is 4.79 Å². The first-order chi connectivity index (χ1) is 11.7. The quantitative estimate of drug-likeness (QED) is 0.742. The van der Waals surface area contributed by atoms with Crippen LogP contribution in [0.15, 0.2) is 48.8 Å². The van der Waals surface area contributed by atoms with Crippen molar-refractivity contribution in [1.29, 1.82) is 0 Å². The van der Waals surface area contributed by atoms with Crippen molar-refractivity contribution in [3.63, 3.8) is 0 Å². The van der Waals surface area contributed by atoms with Crippen LogP contribution in [-0.4, -0.2) is 44.6 Å². The molecule has 0 saturated carbocycles. The molecule has 3 aromatic heterocycles. The fraction of sp³-hybridized carbons (Fsp3) is 0.278. The van der Waals surface area contributed by atoms with E-state index in [1.54, 1.807) is 0 Å². The third kappa shape index (κ3) is 2.82. The normalized spacial score (nSPS) is 17.4. The Balaban J connectivity index is 1.44. The molecule has 0 aliphatic carbocycles. The molecule has 1 aliphatic rings. The highest BCUT2D eigenvalue weighted by Gasteiger charge is 2.29. The lowest BCUT2D eigenvalue weighted by molar-refractivity contribution is 0.0771. The van der Waals surface area contributed by atoms with Crippen molar-refractivity contribution in [2.24, 2.45) is 0 Å². The number of likely N-dealkylation sites (tertiary alicyclic amines) is 1. The van der Waals surface area contributed by atoms with E-state index in [1.165, 1.54) is 0 Å². The molecule has 24 heavy (non-hydrogen) atoms. The van der Waals surface area contributed by atoms with Gasteiger partial charge < -0.3 is 14.0 Å². The number of hydrogen-bond acceptors (Lipinski definition) is 4. The molecule has 0 radical (unpaired) electrons. The minimum Gasteiger partial charge on any atom is -0.471 e. The van der Waals surface area contributed by atoms with Gasteiger partial charge in [-0.05, 0) is 31.2 Å². The third-order valence-electron chi connectivity index (χ3n) is 4.24. The average Bonchev–Trinajstić information content (AvgIpc) is 3.23. The van der Waals surface area contributed by atoms with Crippen molar-refractivity contribution in [3.05, 3.63) is 60.0 Å². The van der Waals surface area contributed by atoms with Crippen molar-refractivity contribution in [1.82, 2.24) is 19.5 Å². The van der Waals surface area contributed by atoms with Crippen LogP contribution in [0.1, 0.15) is 22.5 Å². The van der Waals surface area contributed by atoms with Gasteiger partial charge in [0.25, 0.3) is 5.91 Å². The Hall–Kier alpha value is -2.89. The zero-order chi connectivity index (χ0) is 16.5. The third-order valence-corrected chi connectivity index (χ3v) is 4.24. The Kier molecular flexibility index (Phi) is 3.65. The first-order valence-corrected chi connectivity index (χ1v) is 8.02. The van der Waals surface area contributed by atoms with Crippen molar-refractivity contribution in [2.75, 3.05) is 13.1 Å². The van der Waals surface area contributed by atoms with Gasteiger partial charge in [0.1, 0.15) is 6.10 Å². The maximum atomic E-state index is 12.7. The summed E-state index contributed by atoms with van der Waals surface area (Å²) in [5, 5.41) is 8.01. The minimum atomic E-state index is -0.0389. The van der Waals surface area contributed by atoms with E-state index in [-0.39, 0.29) is 12.0 Å². The van der Waals surface area contributed by atoms with Crippen LogP contribution < -0.4 is 4.74 Å². The molecule has 0 spiro atoms. The Morgan fingerprint density at radius 1 is 1.25 bits per heavy atom. The van der Waals surface area contributed by atoms with Crippen LogP contribution in [0, 0.1) is 6.92 Å². The molecule has 0 N–H and O–H groups in total. The molecular formula is C18H18N4O2. The maximum Gasteiger partial charge on any atom is 0.255 e. The number of ether oxygens (including phenoxy) is 1. The minimum absolute atomic E-state index is 0.0389. The molecule has 1 aliphatic heterocycles. The van der Waals surface area contributed by atoms with Gasteiger partial charge in [0.05, 0.1) is 17.8 Å². The molecule has 0 bridgehead atoms. The number of fused-ring (bicyclic) bond motifs is 1. The number of pyridine rings is 1. The van der Waals surface area contributed by atoms with E-state index in [4.69, 9.17) is 4.74 Å². The Morgan fingerprint density at radius 3 is 2.96 bits per heavy atom. The summed E-state index contributed by atoms with van der Waals surface area (Å²) < 4.78 is 7.79. The van der Waals surface area contributed by atoms with Gasteiger partial charge in [-0.15, -0.1) is 5.10 Å². The molecule has 0 aromatic carbocycles. The Bertz CT molecular complexity index is 839. The van der Waals surface area contributed by atoms with E-state index in [0.29, 0.717) is 24.5 Å². The molecular weight excluding hydrogens is 304 g/mol. The second-order valence-corrected chi connectivity index (χ2v) is 6.05. The monoisotopic (exact) mass is 322 g/mol. The smallest absolute Gasteiger partial charge is 0.255 e. The summed E-state index contributed by atoms with van der Waals surface area (Å²) in [6, 6.07) is 11.5. The lowest BCUT2D eigenvalue weighted by atomic mass is 10.3. The highest BCUT2D eigenvalue weighted by Crippen LogP contribution is 2.19. The van der Waals surface area contributed by atoms with Gasteiger partial charge in [0, 0.05) is 36.9 Å². The lowest BCUT2D eigenvalue weighted by Gasteiger charge is -2.16. The number of aromatic nitrogens is 3. The van der Waals surface area contributed by atoms with Crippen molar-refractivity contribution < 1.29 is 9.53 Å². The summed E-state index contributed by atoms with van der Waals surface area (Å²) in [4.78, 5) is 14.5. The Morgan fingerprint density at radius 2 is 2.17 bits per heavy atom. The Labute approximate surface area is 139 Å². The summed E-state index contributed by atoms with van der Waals surface area (Å²) in [5.41, 5.74) is 2.58. The van der Waals surface area contributed by atoms with E-state index >= 15 is 0 Å². The second-order valence-electron chi connectivity index (χ2n) is 6.05.